The summed E-state index contributed by atoms with van der Waals surface area (Å²) in [4.78, 5) is 14.8. The number of nitrogens with zero attached hydrogens (tertiary/aromatic N) is 1. The van der Waals surface area contributed by atoms with Crippen LogP contribution in [0.15, 0.2) is 0 Å². The van der Waals surface area contributed by atoms with Crippen LogP contribution in [0.25, 0.3) is 0 Å². The molecule has 1 amide bonds. The van der Waals surface area contributed by atoms with E-state index in [0.717, 1.165) is 38.1 Å². The smallest absolute Gasteiger partial charge is 0.241 e. The van der Waals surface area contributed by atoms with E-state index in [0.29, 0.717) is 11.8 Å². The summed E-state index contributed by atoms with van der Waals surface area (Å²) in [6.07, 6.45) is 9.96. The molecule has 2 rings (SSSR count). The number of hydrogen-bond donors (Lipinski definition) is 1. The number of rotatable bonds is 6. The summed E-state index contributed by atoms with van der Waals surface area (Å²) < 4.78 is 0. The number of amides is 1. The van der Waals surface area contributed by atoms with Crippen LogP contribution in [0, 0.1) is 11.8 Å². The zero-order valence-electron chi connectivity index (χ0n) is 13.5. The van der Waals surface area contributed by atoms with E-state index in [1.165, 1.54) is 25.7 Å². The Balaban J connectivity index is 2.00. The molecule has 1 aliphatic carbocycles. The lowest BCUT2D eigenvalue weighted by Crippen LogP contribution is -2.42. The van der Waals surface area contributed by atoms with E-state index in [2.05, 4.69) is 31.0 Å². The van der Waals surface area contributed by atoms with Gasteiger partial charge < -0.3 is 4.90 Å². The molecular formula is C17H32N2O. The molecule has 0 aromatic rings. The van der Waals surface area contributed by atoms with E-state index >= 15 is 0 Å². The lowest BCUT2D eigenvalue weighted by molar-refractivity contribution is -0.131. The first-order valence-corrected chi connectivity index (χ1v) is 8.73. The van der Waals surface area contributed by atoms with Crippen LogP contribution in [0.3, 0.4) is 0 Å². The lowest BCUT2D eigenvalue weighted by Gasteiger charge is -2.34. The first-order valence-electron chi connectivity index (χ1n) is 8.73. The Morgan fingerprint density at radius 3 is 2.50 bits per heavy atom. The van der Waals surface area contributed by atoms with E-state index in [-0.39, 0.29) is 12.2 Å². The number of carbonyl (C=O) groups is 1. The van der Waals surface area contributed by atoms with Crippen molar-refractivity contribution in [3.8, 4) is 0 Å². The molecule has 116 valence electrons. The van der Waals surface area contributed by atoms with Gasteiger partial charge in [0.05, 0.1) is 12.2 Å². The van der Waals surface area contributed by atoms with Gasteiger partial charge in [-0.25, -0.2) is 0 Å². The van der Waals surface area contributed by atoms with Gasteiger partial charge in [-0.3, -0.25) is 10.1 Å². The van der Waals surface area contributed by atoms with Crippen LogP contribution in [0.1, 0.15) is 72.1 Å². The van der Waals surface area contributed by atoms with E-state index in [1.54, 1.807) is 0 Å². The second-order valence-electron chi connectivity index (χ2n) is 6.82. The summed E-state index contributed by atoms with van der Waals surface area (Å²) in [5.41, 5.74) is 0. The highest BCUT2D eigenvalue weighted by Crippen LogP contribution is 2.32. The third-order valence-electron chi connectivity index (χ3n) is 5.21. The minimum Gasteiger partial charge on any atom is -0.326 e. The molecule has 1 aliphatic heterocycles. The molecule has 4 unspecified atom stereocenters. The van der Waals surface area contributed by atoms with Crippen molar-refractivity contribution in [1.29, 1.82) is 0 Å². The van der Waals surface area contributed by atoms with Gasteiger partial charge in [-0.2, -0.15) is 0 Å². The molecule has 0 aromatic carbocycles. The van der Waals surface area contributed by atoms with Gasteiger partial charge in [0, 0.05) is 6.54 Å². The van der Waals surface area contributed by atoms with E-state index in [4.69, 9.17) is 0 Å². The zero-order valence-corrected chi connectivity index (χ0v) is 13.5. The Morgan fingerprint density at radius 2 is 1.85 bits per heavy atom. The molecule has 3 heteroatoms. The van der Waals surface area contributed by atoms with Crippen molar-refractivity contribution < 1.29 is 4.79 Å². The van der Waals surface area contributed by atoms with Gasteiger partial charge in [-0.1, -0.05) is 52.9 Å². The molecule has 0 spiro atoms. The molecule has 4 atom stereocenters. The van der Waals surface area contributed by atoms with Crippen molar-refractivity contribution in [2.24, 2.45) is 11.8 Å². The molecular weight excluding hydrogens is 248 g/mol. The molecule has 0 aromatic heterocycles. The average Bonchev–Trinajstić information content (AvgIpc) is 2.71. The summed E-state index contributed by atoms with van der Waals surface area (Å²) in [5, 5.41) is 3.57. The van der Waals surface area contributed by atoms with Crippen molar-refractivity contribution in [1.82, 2.24) is 10.2 Å². The molecule has 1 saturated carbocycles. The third-order valence-corrected chi connectivity index (χ3v) is 5.21. The Kier molecular flexibility index (Phi) is 5.88. The van der Waals surface area contributed by atoms with Crippen molar-refractivity contribution in [3.05, 3.63) is 0 Å². The number of carbonyl (C=O) groups excluding carboxylic acids is 1. The molecule has 1 saturated heterocycles. The topological polar surface area (TPSA) is 32.3 Å². The van der Waals surface area contributed by atoms with Gasteiger partial charge in [0.2, 0.25) is 5.91 Å². The van der Waals surface area contributed by atoms with Gasteiger partial charge in [0.25, 0.3) is 0 Å². The molecule has 0 bridgehead atoms. The van der Waals surface area contributed by atoms with Crippen molar-refractivity contribution in [3.63, 3.8) is 0 Å². The summed E-state index contributed by atoms with van der Waals surface area (Å²) in [5.74, 6) is 1.86. The molecule has 1 heterocycles. The summed E-state index contributed by atoms with van der Waals surface area (Å²) >= 11 is 0. The van der Waals surface area contributed by atoms with Crippen LogP contribution in [-0.4, -0.2) is 29.6 Å². The zero-order chi connectivity index (χ0) is 14.5. The van der Waals surface area contributed by atoms with Gasteiger partial charge in [-0.15, -0.1) is 0 Å². The fourth-order valence-corrected chi connectivity index (χ4v) is 3.89. The number of nitrogens with one attached hydrogen (secondary N) is 1. The van der Waals surface area contributed by atoms with Crippen LogP contribution in [0.2, 0.25) is 0 Å². The Labute approximate surface area is 124 Å². The minimum absolute atomic E-state index is 0.0791. The second kappa shape index (κ2) is 7.44. The monoisotopic (exact) mass is 280 g/mol. The van der Waals surface area contributed by atoms with Crippen molar-refractivity contribution >= 4 is 5.91 Å². The summed E-state index contributed by atoms with van der Waals surface area (Å²) in [7, 11) is 0. The van der Waals surface area contributed by atoms with Gasteiger partial charge in [0.15, 0.2) is 0 Å². The predicted molar refractivity (Wildman–Crippen MR) is 83.4 cm³/mol. The first kappa shape index (κ1) is 15.8. The van der Waals surface area contributed by atoms with Crippen LogP contribution in [-0.2, 0) is 4.79 Å². The fourth-order valence-electron chi connectivity index (χ4n) is 3.89. The van der Waals surface area contributed by atoms with Crippen LogP contribution < -0.4 is 5.32 Å². The van der Waals surface area contributed by atoms with Gasteiger partial charge in [0.1, 0.15) is 0 Å². The predicted octanol–water partition coefficient (Wildman–Crippen LogP) is 3.54. The van der Waals surface area contributed by atoms with E-state index in [9.17, 15) is 4.79 Å². The Hall–Kier alpha value is -0.570. The van der Waals surface area contributed by atoms with Crippen molar-refractivity contribution in [2.45, 2.75) is 84.3 Å². The van der Waals surface area contributed by atoms with E-state index < -0.39 is 0 Å². The maximum Gasteiger partial charge on any atom is 0.241 e. The molecule has 3 nitrogen and oxygen atoms in total. The van der Waals surface area contributed by atoms with Crippen molar-refractivity contribution in [2.75, 3.05) is 6.54 Å². The van der Waals surface area contributed by atoms with Gasteiger partial charge in [-0.05, 0) is 31.1 Å². The molecule has 2 aliphatic rings. The van der Waals surface area contributed by atoms with E-state index in [1.807, 2.05) is 0 Å². The molecule has 1 N–H and O–H groups in total. The molecule has 0 radical (unpaired) electrons. The standard InChI is InChI=1S/C17H32N2O/c1-4-8-15-17(20)19(16(18-15)9-5-2)12-14-11-7-6-10-13(14)3/h13-16,18H,4-12H2,1-3H3. The SMILES string of the molecule is CCCC1NC(CCC)N(CC2CCCCC2C)C1=O. The first-order chi connectivity index (χ1) is 9.67. The third kappa shape index (κ3) is 3.55. The Morgan fingerprint density at radius 1 is 1.15 bits per heavy atom. The summed E-state index contributed by atoms with van der Waals surface area (Å²) in [6, 6.07) is 0.0791. The molecule has 20 heavy (non-hydrogen) atoms. The Bertz CT molecular complexity index is 318. The largest absolute Gasteiger partial charge is 0.326 e. The van der Waals surface area contributed by atoms with Crippen LogP contribution >= 0.6 is 0 Å². The summed E-state index contributed by atoms with van der Waals surface area (Å²) in [6.45, 7) is 7.73. The highest BCUT2D eigenvalue weighted by atomic mass is 16.2. The number of hydrogen-bond acceptors (Lipinski definition) is 2. The van der Waals surface area contributed by atoms with Crippen LogP contribution in [0.4, 0.5) is 0 Å². The lowest BCUT2D eigenvalue weighted by atomic mass is 9.80. The van der Waals surface area contributed by atoms with Crippen LogP contribution in [0.5, 0.6) is 0 Å². The second-order valence-corrected chi connectivity index (χ2v) is 6.82. The maximum atomic E-state index is 12.6. The highest BCUT2D eigenvalue weighted by Gasteiger charge is 2.39. The molecule has 2 fully saturated rings. The highest BCUT2D eigenvalue weighted by molar-refractivity contribution is 5.84. The normalized spacial score (nSPS) is 34.8. The maximum absolute atomic E-state index is 12.6. The van der Waals surface area contributed by atoms with Gasteiger partial charge >= 0.3 is 0 Å². The minimum atomic E-state index is 0.0791. The quantitative estimate of drug-likeness (QED) is 0.807. The average molecular weight is 280 g/mol. The fraction of sp³-hybridized carbons (Fsp3) is 0.941.